The summed E-state index contributed by atoms with van der Waals surface area (Å²) in [6.07, 6.45) is 0. The Labute approximate surface area is 113 Å². The van der Waals surface area contributed by atoms with Crippen molar-refractivity contribution in [1.29, 1.82) is 0 Å². The molecule has 1 unspecified atom stereocenters. The number of nitrogen functional groups attached to an aromatic ring is 1. The molecule has 0 aliphatic heterocycles. The van der Waals surface area contributed by atoms with E-state index < -0.39 is 10.8 Å². The minimum atomic E-state index is -1.25. The maximum atomic E-state index is 11.6. The van der Waals surface area contributed by atoms with Crippen LogP contribution in [0.5, 0.6) is 0 Å². The molecule has 18 heavy (non-hydrogen) atoms. The quantitative estimate of drug-likeness (QED) is 0.773. The Morgan fingerprint density at radius 1 is 1.56 bits per heavy atom. The van der Waals surface area contributed by atoms with Crippen LogP contribution in [0.15, 0.2) is 18.2 Å². The van der Waals surface area contributed by atoms with Gasteiger partial charge in [-0.25, -0.2) is 0 Å². The van der Waals surface area contributed by atoms with E-state index in [1.165, 1.54) is 7.11 Å². The van der Waals surface area contributed by atoms with Crippen molar-refractivity contribution in [1.82, 2.24) is 0 Å². The standard InChI is InChI=1S/C11H15ClN2O3S/c1-17-4-5-18(16)7-11(15)14-10-6-8(12)2-3-9(10)13/h2-3,6H,4-5,7,13H2,1H3,(H,14,15). The van der Waals surface area contributed by atoms with Gasteiger partial charge in [-0.05, 0) is 18.2 Å². The minimum absolute atomic E-state index is 0.0880. The van der Waals surface area contributed by atoms with Gasteiger partial charge >= 0.3 is 0 Å². The molecule has 1 aromatic rings. The van der Waals surface area contributed by atoms with Gasteiger partial charge in [0.15, 0.2) is 0 Å². The van der Waals surface area contributed by atoms with Gasteiger partial charge in [0.05, 0.1) is 18.0 Å². The smallest absolute Gasteiger partial charge is 0.237 e. The Kier molecular flexibility index (Phi) is 6.11. The summed E-state index contributed by atoms with van der Waals surface area (Å²) in [5.41, 5.74) is 6.52. The number of hydrogen-bond donors (Lipinski definition) is 2. The molecule has 5 nitrogen and oxygen atoms in total. The Morgan fingerprint density at radius 2 is 2.28 bits per heavy atom. The van der Waals surface area contributed by atoms with Crippen molar-refractivity contribution in [2.24, 2.45) is 0 Å². The average Bonchev–Trinajstić information content (AvgIpc) is 2.31. The van der Waals surface area contributed by atoms with E-state index in [4.69, 9.17) is 22.1 Å². The fraction of sp³-hybridized carbons (Fsp3) is 0.364. The number of anilines is 2. The highest BCUT2D eigenvalue weighted by Gasteiger charge is 2.10. The number of rotatable bonds is 6. The number of carbonyl (C=O) groups excluding carboxylic acids is 1. The van der Waals surface area contributed by atoms with Crippen molar-refractivity contribution in [2.45, 2.75) is 0 Å². The zero-order valence-corrected chi connectivity index (χ0v) is 11.5. The second kappa shape index (κ2) is 7.35. The lowest BCUT2D eigenvalue weighted by molar-refractivity contribution is -0.113. The summed E-state index contributed by atoms with van der Waals surface area (Å²) in [7, 11) is 0.271. The number of hydrogen-bond acceptors (Lipinski definition) is 4. The lowest BCUT2D eigenvalue weighted by Gasteiger charge is -2.08. The molecule has 3 N–H and O–H groups in total. The summed E-state index contributed by atoms with van der Waals surface area (Å²) in [4.78, 5) is 11.6. The van der Waals surface area contributed by atoms with Crippen LogP contribution in [0.3, 0.4) is 0 Å². The number of amides is 1. The third-order valence-corrected chi connectivity index (χ3v) is 3.54. The summed E-state index contributed by atoms with van der Waals surface area (Å²) < 4.78 is 16.3. The molecule has 0 saturated carbocycles. The summed E-state index contributed by atoms with van der Waals surface area (Å²) in [5, 5.41) is 3.05. The number of methoxy groups -OCH3 is 1. The lowest BCUT2D eigenvalue weighted by atomic mass is 10.2. The molecule has 0 fully saturated rings. The van der Waals surface area contributed by atoms with E-state index >= 15 is 0 Å². The minimum Gasteiger partial charge on any atom is -0.397 e. The predicted octanol–water partition coefficient (Wildman–Crippen LogP) is 1.26. The predicted molar refractivity (Wildman–Crippen MR) is 74.2 cm³/mol. The van der Waals surface area contributed by atoms with Gasteiger partial charge in [-0.15, -0.1) is 0 Å². The van der Waals surface area contributed by atoms with Gasteiger partial charge in [-0.3, -0.25) is 9.00 Å². The van der Waals surface area contributed by atoms with Crippen LogP contribution in [-0.4, -0.2) is 35.3 Å². The number of carbonyl (C=O) groups is 1. The monoisotopic (exact) mass is 290 g/mol. The van der Waals surface area contributed by atoms with Gasteiger partial charge in [0.25, 0.3) is 0 Å². The molecule has 7 heteroatoms. The molecule has 1 rings (SSSR count). The molecule has 0 saturated heterocycles. The maximum absolute atomic E-state index is 11.6. The summed E-state index contributed by atoms with van der Waals surface area (Å²) in [5.74, 6) is -0.122. The van der Waals surface area contributed by atoms with Crippen LogP contribution in [-0.2, 0) is 20.3 Å². The topological polar surface area (TPSA) is 81.4 Å². The van der Waals surface area contributed by atoms with Crippen molar-refractivity contribution in [3.8, 4) is 0 Å². The van der Waals surface area contributed by atoms with Crippen LogP contribution >= 0.6 is 11.6 Å². The maximum Gasteiger partial charge on any atom is 0.237 e. The first-order valence-electron chi connectivity index (χ1n) is 5.21. The Bertz CT molecular complexity index is 454. The van der Waals surface area contributed by atoms with Crippen molar-refractivity contribution < 1.29 is 13.7 Å². The van der Waals surface area contributed by atoms with Gasteiger partial charge in [0, 0.05) is 28.7 Å². The largest absolute Gasteiger partial charge is 0.397 e. The van der Waals surface area contributed by atoms with Crippen LogP contribution in [0.1, 0.15) is 0 Å². The van der Waals surface area contributed by atoms with Gasteiger partial charge < -0.3 is 15.8 Å². The van der Waals surface area contributed by atoms with Gasteiger partial charge in [-0.1, -0.05) is 11.6 Å². The number of nitrogens with two attached hydrogens (primary N) is 1. The molecule has 100 valence electrons. The average molecular weight is 291 g/mol. The number of nitrogens with one attached hydrogen (secondary N) is 1. The summed E-state index contributed by atoms with van der Waals surface area (Å²) >= 11 is 5.79. The van der Waals surface area contributed by atoms with E-state index in [2.05, 4.69) is 5.32 Å². The first kappa shape index (κ1) is 14.9. The van der Waals surface area contributed by atoms with E-state index in [0.29, 0.717) is 28.8 Å². The molecular weight excluding hydrogens is 276 g/mol. The molecule has 0 bridgehead atoms. The molecule has 1 aromatic carbocycles. The van der Waals surface area contributed by atoms with Crippen molar-refractivity contribution in [3.05, 3.63) is 23.2 Å². The van der Waals surface area contributed by atoms with E-state index in [9.17, 15) is 9.00 Å². The Morgan fingerprint density at radius 3 is 2.94 bits per heavy atom. The lowest BCUT2D eigenvalue weighted by Crippen LogP contribution is -2.22. The van der Waals surface area contributed by atoms with Gasteiger partial charge in [0.1, 0.15) is 5.75 Å². The SMILES string of the molecule is COCCS(=O)CC(=O)Nc1cc(Cl)ccc1N. The number of benzene rings is 1. The van der Waals surface area contributed by atoms with Crippen molar-refractivity contribution >= 4 is 39.7 Å². The van der Waals surface area contributed by atoms with Gasteiger partial charge in [0.2, 0.25) is 5.91 Å². The van der Waals surface area contributed by atoms with Crippen LogP contribution < -0.4 is 11.1 Å². The highest BCUT2D eigenvalue weighted by Crippen LogP contribution is 2.22. The molecule has 0 aliphatic rings. The molecule has 1 amide bonds. The van der Waals surface area contributed by atoms with Crippen molar-refractivity contribution in [2.75, 3.05) is 36.3 Å². The second-order valence-corrected chi connectivity index (χ2v) is 5.57. The molecule has 0 radical (unpaired) electrons. The first-order chi connectivity index (χ1) is 8.52. The van der Waals surface area contributed by atoms with Gasteiger partial charge in [-0.2, -0.15) is 0 Å². The molecule has 0 spiro atoms. The fourth-order valence-electron chi connectivity index (χ4n) is 1.22. The third-order valence-electron chi connectivity index (χ3n) is 2.10. The first-order valence-corrected chi connectivity index (χ1v) is 7.08. The Balaban J connectivity index is 2.54. The van der Waals surface area contributed by atoms with Crippen LogP contribution in [0, 0.1) is 0 Å². The number of halogens is 1. The van der Waals surface area contributed by atoms with Crippen molar-refractivity contribution in [3.63, 3.8) is 0 Å². The summed E-state index contributed by atoms with van der Waals surface area (Å²) in [6, 6.07) is 4.77. The van der Waals surface area contributed by atoms with E-state index in [0.717, 1.165) is 0 Å². The van der Waals surface area contributed by atoms with Crippen LogP contribution in [0.4, 0.5) is 11.4 Å². The third kappa shape index (κ3) is 5.03. The normalized spacial score (nSPS) is 12.1. The molecule has 0 heterocycles. The van der Waals surface area contributed by atoms with E-state index in [1.54, 1.807) is 18.2 Å². The summed E-state index contributed by atoms with van der Waals surface area (Å²) in [6.45, 7) is 0.360. The molecule has 1 atom stereocenters. The molecule has 0 aliphatic carbocycles. The highest BCUT2D eigenvalue weighted by atomic mass is 35.5. The second-order valence-electron chi connectivity index (χ2n) is 3.56. The highest BCUT2D eigenvalue weighted by molar-refractivity contribution is 7.85. The fourth-order valence-corrected chi connectivity index (χ4v) is 2.25. The van der Waals surface area contributed by atoms with E-state index in [1.807, 2.05) is 0 Å². The zero-order chi connectivity index (χ0) is 13.5. The number of ether oxygens (including phenoxy) is 1. The zero-order valence-electron chi connectivity index (χ0n) is 9.94. The Hall–Kier alpha value is -1.11. The van der Waals surface area contributed by atoms with Crippen LogP contribution in [0.2, 0.25) is 5.02 Å². The van der Waals surface area contributed by atoms with E-state index in [-0.39, 0.29) is 11.7 Å². The van der Waals surface area contributed by atoms with Crippen LogP contribution in [0.25, 0.3) is 0 Å². The molecular formula is C11H15ClN2O3S. The molecule has 0 aromatic heterocycles.